The number of aliphatic hydroxyl groups excluding tert-OH is 2. The highest BCUT2D eigenvalue weighted by Crippen LogP contribution is 2.48. The van der Waals surface area contributed by atoms with Gasteiger partial charge in [0.05, 0.1) is 0 Å². The first-order chi connectivity index (χ1) is 11.1. The third kappa shape index (κ3) is 2.64. The number of hydrogen-bond acceptors (Lipinski definition) is 2. The largest absolute Gasteiger partial charge is 0.384 e. The number of aliphatic hydroxyl groups is 2. The van der Waals surface area contributed by atoms with Gasteiger partial charge in [0, 0.05) is 16.5 Å². The molecule has 0 radical (unpaired) electrons. The van der Waals surface area contributed by atoms with Gasteiger partial charge in [-0.1, -0.05) is 49.7 Å². The van der Waals surface area contributed by atoms with Gasteiger partial charge in [0.25, 0.3) is 0 Å². The van der Waals surface area contributed by atoms with E-state index in [1.165, 1.54) is 22.3 Å². The maximum Gasteiger partial charge on any atom is 0.104 e. The van der Waals surface area contributed by atoms with Crippen LogP contribution in [-0.2, 0) is 5.41 Å². The Balaban J connectivity index is 2.13. The standard InChI is InChI=1S/C21H18O2/c1-21(2)19-13-15(5-3-11-22)7-9-17(19)18-10-8-16(6-4-12-23)14-20(18)21/h7-10,13-14,22-23H,11-12H2,1-2H3. The Morgan fingerprint density at radius 1 is 0.783 bits per heavy atom. The molecule has 2 N–H and O–H groups in total. The summed E-state index contributed by atoms with van der Waals surface area (Å²) in [5.41, 5.74) is 6.63. The molecule has 23 heavy (non-hydrogen) atoms. The van der Waals surface area contributed by atoms with Crippen LogP contribution in [0, 0.1) is 23.7 Å². The Bertz CT molecular complexity index is 810. The first kappa shape index (κ1) is 15.4. The lowest BCUT2D eigenvalue weighted by Crippen LogP contribution is -2.15. The highest BCUT2D eigenvalue weighted by Gasteiger charge is 2.35. The average molecular weight is 302 g/mol. The van der Waals surface area contributed by atoms with E-state index in [0.717, 1.165) is 11.1 Å². The molecule has 1 aliphatic carbocycles. The molecule has 0 aliphatic heterocycles. The van der Waals surface area contributed by atoms with E-state index in [2.05, 4.69) is 61.8 Å². The Morgan fingerprint density at radius 3 is 1.61 bits per heavy atom. The van der Waals surface area contributed by atoms with Gasteiger partial charge in [-0.05, 0) is 46.5 Å². The molecule has 0 saturated carbocycles. The van der Waals surface area contributed by atoms with Crippen LogP contribution in [0.3, 0.4) is 0 Å². The molecular weight excluding hydrogens is 284 g/mol. The highest BCUT2D eigenvalue weighted by atomic mass is 16.3. The number of benzene rings is 2. The van der Waals surface area contributed by atoms with Crippen molar-refractivity contribution in [3.63, 3.8) is 0 Å². The normalized spacial score (nSPS) is 13.2. The van der Waals surface area contributed by atoms with Crippen LogP contribution in [0.5, 0.6) is 0 Å². The molecule has 0 bridgehead atoms. The van der Waals surface area contributed by atoms with E-state index < -0.39 is 0 Å². The molecule has 2 aromatic carbocycles. The summed E-state index contributed by atoms with van der Waals surface area (Å²) in [4.78, 5) is 0. The zero-order valence-corrected chi connectivity index (χ0v) is 13.3. The summed E-state index contributed by atoms with van der Waals surface area (Å²) in [5, 5.41) is 17.7. The molecule has 0 aromatic heterocycles. The van der Waals surface area contributed by atoms with Crippen LogP contribution in [0.25, 0.3) is 11.1 Å². The van der Waals surface area contributed by atoms with Gasteiger partial charge in [-0.15, -0.1) is 0 Å². The van der Waals surface area contributed by atoms with Crippen molar-refractivity contribution in [2.75, 3.05) is 13.2 Å². The van der Waals surface area contributed by atoms with E-state index in [-0.39, 0.29) is 18.6 Å². The number of fused-ring (bicyclic) bond motifs is 3. The molecule has 0 saturated heterocycles. The smallest absolute Gasteiger partial charge is 0.104 e. The van der Waals surface area contributed by atoms with Crippen LogP contribution >= 0.6 is 0 Å². The molecular formula is C21H18O2. The van der Waals surface area contributed by atoms with Gasteiger partial charge in [-0.3, -0.25) is 0 Å². The zero-order valence-electron chi connectivity index (χ0n) is 13.3. The monoisotopic (exact) mass is 302 g/mol. The van der Waals surface area contributed by atoms with Gasteiger partial charge >= 0.3 is 0 Å². The van der Waals surface area contributed by atoms with Crippen molar-refractivity contribution >= 4 is 0 Å². The fraction of sp³-hybridized carbons (Fsp3) is 0.238. The molecule has 0 atom stereocenters. The third-order valence-electron chi connectivity index (χ3n) is 4.30. The zero-order chi connectivity index (χ0) is 16.4. The minimum atomic E-state index is -0.131. The summed E-state index contributed by atoms with van der Waals surface area (Å²) >= 11 is 0. The fourth-order valence-corrected chi connectivity index (χ4v) is 3.18. The molecule has 0 unspecified atom stereocenters. The van der Waals surface area contributed by atoms with Crippen molar-refractivity contribution in [3.8, 4) is 34.8 Å². The second kappa shape index (κ2) is 5.94. The molecule has 1 aliphatic rings. The first-order valence-electron chi connectivity index (χ1n) is 7.57. The number of rotatable bonds is 0. The summed E-state index contributed by atoms with van der Waals surface area (Å²) in [6.45, 7) is 4.13. The average Bonchev–Trinajstić information content (AvgIpc) is 2.78. The maximum atomic E-state index is 8.86. The second-order valence-electron chi connectivity index (χ2n) is 6.07. The van der Waals surface area contributed by atoms with Gasteiger partial charge in [0.2, 0.25) is 0 Å². The third-order valence-corrected chi connectivity index (χ3v) is 4.30. The van der Waals surface area contributed by atoms with Crippen molar-refractivity contribution in [3.05, 3.63) is 58.7 Å². The van der Waals surface area contributed by atoms with E-state index >= 15 is 0 Å². The molecule has 0 spiro atoms. The molecule has 2 heteroatoms. The molecule has 2 aromatic rings. The van der Waals surface area contributed by atoms with Gasteiger partial charge in [0.1, 0.15) is 13.2 Å². The van der Waals surface area contributed by atoms with Gasteiger partial charge in [-0.25, -0.2) is 0 Å². The lowest BCUT2D eigenvalue weighted by Gasteiger charge is -2.21. The minimum Gasteiger partial charge on any atom is -0.384 e. The summed E-state index contributed by atoms with van der Waals surface area (Å²) in [6, 6.07) is 12.4. The van der Waals surface area contributed by atoms with Crippen LogP contribution in [0.2, 0.25) is 0 Å². The first-order valence-corrected chi connectivity index (χ1v) is 7.57. The molecule has 0 amide bonds. The van der Waals surface area contributed by atoms with E-state index in [9.17, 15) is 0 Å². The Labute approximate surface area is 136 Å². The highest BCUT2D eigenvalue weighted by molar-refractivity contribution is 5.82. The molecule has 114 valence electrons. The molecule has 3 rings (SSSR count). The van der Waals surface area contributed by atoms with Crippen LogP contribution in [0.4, 0.5) is 0 Å². The molecule has 0 fully saturated rings. The maximum absolute atomic E-state index is 8.86. The van der Waals surface area contributed by atoms with E-state index in [4.69, 9.17) is 10.2 Å². The van der Waals surface area contributed by atoms with Crippen molar-refractivity contribution in [1.29, 1.82) is 0 Å². The van der Waals surface area contributed by atoms with Crippen molar-refractivity contribution < 1.29 is 10.2 Å². The lowest BCUT2D eigenvalue weighted by atomic mass is 9.81. The van der Waals surface area contributed by atoms with Crippen LogP contribution < -0.4 is 0 Å². The minimum absolute atomic E-state index is 0.127. The summed E-state index contributed by atoms with van der Waals surface area (Å²) in [7, 11) is 0. The topological polar surface area (TPSA) is 40.5 Å². The van der Waals surface area contributed by atoms with Crippen LogP contribution in [-0.4, -0.2) is 23.4 Å². The molecule has 0 heterocycles. The molecule has 2 nitrogen and oxygen atoms in total. The van der Waals surface area contributed by atoms with Crippen LogP contribution in [0.15, 0.2) is 36.4 Å². The van der Waals surface area contributed by atoms with Gasteiger partial charge in [0.15, 0.2) is 0 Å². The van der Waals surface area contributed by atoms with Crippen molar-refractivity contribution in [2.45, 2.75) is 19.3 Å². The van der Waals surface area contributed by atoms with E-state index in [1.54, 1.807) is 0 Å². The van der Waals surface area contributed by atoms with E-state index in [0.29, 0.717) is 0 Å². The fourth-order valence-electron chi connectivity index (χ4n) is 3.18. The van der Waals surface area contributed by atoms with Gasteiger partial charge in [-0.2, -0.15) is 0 Å². The Morgan fingerprint density at radius 2 is 1.22 bits per heavy atom. The Hall–Kier alpha value is -2.52. The second-order valence-corrected chi connectivity index (χ2v) is 6.07. The quantitative estimate of drug-likeness (QED) is 0.735. The van der Waals surface area contributed by atoms with Gasteiger partial charge < -0.3 is 10.2 Å². The Kier molecular flexibility index (Phi) is 3.97. The SMILES string of the molecule is CC1(C)c2cc(C#CCO)ccc2-c2ccc(C#CCO)cc21. The van der Waals surface area contributed by atoms with Crippen LogP contribution in [0.1, 0.15) is 36.1 Å². The predicted molar refractivity (Wildman–Crippen MR) is 91.9 cm³/mol. The predicted octanol–water partition coefficient (Wildman–Crippen LogP) is 2.68. The number of hydrogen-bond donors (Lipinski definition) is 2. The lowest BCUT2D eigenvalue weighted by molar-refractivity contribution is 0.350. The van der Waals surface area contributed by atoms with E-state index in [1.807, 2.05) is 12.1 Å². The summed E-state index contributed by atoms with van der Waals surface area (Å²) in [5.74, 6) is 11.4. The summed E-state index contributed by atoms with van der Waals surface area (Å²) in [6.07, 6.45) is 0. The summed E-state index contributed by atoms with van der Waals surface area (Å²) < 4.78 is 0. The van der Waals surface area contributed by atoms with Crippen molar-refractivity contribution in [2.24, 2.45) is 0 Å². The van der Waals surface area contributed by atoms with Crippen molar-refractivity contribution in [1.82, 2.24) is 0 Å².